The van der Waals surface area contributed by atoms with Gasteiger partial charge in [0.25, 0.3) is 0 Å². The molecule has 1 fully saturated rings. The van der Waals surface area contributed by atoms with Crippen molar-refractivity contribution in [3.05, 3.63) is 54.4 Å². The van der Waals surface area contributed by atoms with Crippen LogP contribution >= 0.6 is 0 Å². The maximum Gasteiger partial charge on any atom is 0.227 e. The SMILES string of the molecule is CCOc1ccccc1N1CC(C(=O)NCc2nc3ccccc3n2C)CC1=O. The van der Waals surface area contributed by atoms with Crippen LogP contribution in [0.25, 0.3) is 11.0 Å². The molecule has 0 aliphatic carbocycles. The minimum absolute atomic E-state index is 0.0694. The molecule has 7 nitrogen and oxygen atoms in total. The first-order chi connectivity index (χ1) is 14.1. The zero-order chi connectivity index (χ0) is 20.4. The first-order valence-corrected chi connectivity index (χ1v) is 9.78. The number of carbonyl (C=O) groups excluding carboxylic acids is 2. The fraction of sp³-hybridized carbons (Fsp3) is 0.318. The third-order valence-corrected chi connectivity index (χ3v) is 5.25. The molecule has 29 heavy (non-hydrogen) atoms. The Morgan fingerprint density at radius 1 is 1.21 bits per heavy atom. The van der Waals surface area contributed by atoms with Gasteiger partial charge in [0, 0.05) is 20.0 Å². The largest absolute Gasteiger partial charge is 0.492 e. The molecule has 1 aliphatic rings. The fourth-order valence-electron chi connectivity index (χ4n) is 3.74. The standard InChI is InChI=1S/C22H24N4O3/c1-3-29-19-11-7-6-10-18(19)26-14-15(12-21(26)27)22(28)23-13-20-24-16-8-4-5-9-17(16)25(20)2/h4-11,15H,3,12-14H2,1-2H3,(H,23,28). The minimum Gasteiger partial charge on any atom is -0.492 e. The highest BCUT2D eigenvalue weighted by atomic mass is 16.5. The Kier molecular flexibility index (Phi) is 5.20. The molecule has 4 rings (SSSR count). The Hall–Kier alpha value is -3.35. The van der Waals surface area contributed by atoms with E-state index in [1.165, 1.54) is 0 Å². The number of nitrogens with zero attached hydrogens (tertiary/aromatic N) is 3. The lowest BCUT2D eigenvalue weighted by molar-refractivity contribution is -0.126. The highest BCUT2D eigenvalue weighted by Gasteiger charge is 2.36. The van der Waals surface area contributed by atoms with Crippen LogP contribution in [0.4, 0.5) is 5.69 Å². The number of aryl methyl sites for hydroxylation is 1. The quantitative estimate of drug-likeness (QED) is 0.700. The van der Waals surface area contributed by atoms with Gasteiger partial charge in [0.2, 0.25) is 11.8 Å². The van der Waals surface area contributed by atoms with E-state index in [0.29, 0.717) is 31.1 Å². The van der Waals surface area contributed by atoms with Crippen molar-refractivity contribution in [2.45, 2.75) is 19.9 Å². The smallest absolute Gasteiger partial charge is 0.227 e. The van der Waals surface area contributed by atoms with Gasteiger partial charge in [-0.15, -0.1) is 0 Å². The molecule has 1 aliphatic heterocycles. The second kappa shape index (κ2) is 7.95. The summed E-state index contributed by atoms with van der Waals surface area (Å²) in [5, 5.41) is 2.94. The zero-order valence-corrected chi connectivity index (χ0v) is 16.6. The lowest BCUT2D eigenvalue weighted by atomic mass is 10.1. The van der Waals surface area contributed by atoms with Crippen molar-refractivity contribution >= 4 is 28.5 Å². The predicted octanol–water partition coefficient (Wildman–Crippen LogP) is 2.64. The number of carbonyl (C=O) groups is 2. The number of fused-ring (bicyclic) bond motifs is 1. The molecule has 1 saturated heterocycles. The molecule has 1 atom stereocenters. The summed E-state index contributed by atoms with van der Waals surface area (Å²) in [6, 6.07) is 15.3. The lowest BCUT2D eigenvalue weighted by Crippen LogP contribution is -2.33. The van der Waals surface area contributed by atoms with Crippen molar-refractivity contribution in [1.82, 2.24) is 14.9 Å². The number of amides is 2. The van der Waals surface area contributed by atoms with Gasteiger partial charge in [-0.05, 0) is 31.2 Å². The number of anilines is 1. The first kappa shape index (κ1) is 19.0. The summed E-state index contributed by atoms with van der Waals surface area (Å²) in [7, 11) is 1.93. The Morgan fingerprint density at radius 3 is 2.76 bits per heavy atom. The van der Waals surface area contributed by atoms with Gasteiger partial charge in [-0.3, -0.25) is 9.59 Å². The van der Waals surface area contributed by atoms with Crippen LogP contribution in [0, 0.1) is 5.92 Å². The number of hydrogen-bond acceptors (Lipinski definition) is 4. The zero-order valence-electron chi connectivity index (χ0n) is 16.6. The molecule has 2 amide bonds. The molecular formula is C22H24N4O3. The summed E-state index contributed by atoms with van der Waals surface area (Å²) in [5.41, 5.74) is 2.63. The number of hydrogen-bond donors (Lipinski definition) is 1. The maximum absolute atomic E-state index is 12.7. The number of ether oxygens (including phenoxy) is 1. The van der Waals surface area contributed by atoms with Crippen molar-refractivity contribution in [2.75, 3.05) is 18.1 Å². The third kappa shape index (κ3) is 3.68. The molecule has 1 unspecified atom stereocenters. The van der Waals surface area contributed by atoms with E-state index in [9.17, 15) is 9.59 Å². The van der Waals surface area contributed by atoms with Crippen LogP contribution in [0.3, 0.4) is 0 Å². The van der Waals surface area contributed by atoms with Gasteiger partial charge in [0.15, 0.2) is 0 Å². The molecule has 1 N–H and O–H groups in total. The van der Waals surface area contributed by atoms with Gasteiger partial charge < -0.3 is 19.5 Å². The number of aromatic nitrogens is 2. The summed E-state index contributed by atoms with van der Waals surface area (Å²) in [6.07, 6.45) is 0.189. The maximum atomic E-state index is 12.7. The van der Waals surface area contributed by atoms with Crippen LogP contribution in [-0.4, -0.2) is 34.5 Å². The van der Waals surface area contributed by atoms with Gasteiger partial charge in [-0.2, -0.15) is 0 Å². The second-order valence-corrected chi connectivity index (χ2v) is 7.10. The average Bonchev–Trinajstić information content (AvgIpc) is 3.27. The van der Waals surface area contributed by atoms with E-state index in [4.69, 9.17) is 4.74 Å². The van der Waals surface area contributed by atoms with Crippen molar-refractivity contribution in [3.63, 3.8) is 0 Å². The Morgan fingerprint density at radius 2 is 1.97 bits per heavy atom. The van der Waals surface area contributed by atoms with Crippen LogP contribution in [-0.2, 0) is 23.2 Å². The molecule has 0 radical (unpaired) electrons. The molecule has 3 aromatic rings. The molecule has 0 saturated carbocycles. The molecule has 0 bridgehead atoms. The number of nitrogens with one attached hydrogen (secondary N) is 1. The highest BCUT2D eigenvalue weighted by Crippen LogP contribution is 2.33. The highest BCUT2D eigenvalue weighted by molar-refractivity contribution is 6.01. The van der Waals surface area contributed by atoms with E-state index < -0.39 is 5.92 Å². The van der Waals surface area contributed by atoms with Gasteiger partial charge in [-0.1, -0.05) is 24.3 Å². The van der Waals surface area contributed by atoms with Crippen molar-refractivity contribution in [1.29, 1.82) is 0 Å². The van der Waals surface area contributed by atoms with E-state index in [1.54, 1.807) is 4.90 Å². The number of para-hydroxylation sites is 4. The monoisotopic (exact) mass is 392 g/mol. The predicted molar refractivity (Wildman–Crippen MR) is 111 cm³/mol. The summed E-state index contributed by atoms with van der Waals surface area (Å²) >= 11 is 0. The lowest BCUT2D eigenvalue weighted by Gasteiger charge is -2.20. The van der Waals surface area contributed by atoms with E-state index in [0.717, 1.165) is 16.9 Å². The molecule has 150 valence electrons. The number of benzene rings is 2. The third-order valence-electron chi connectivity index (χ3n) is 5.25. The van der Waals surface area contributed by atoms with E-state index in [1.807, 2.05) is 67.1 Å². The van der Waals surface area contributed by atoms with Crippen molar-refractivity contribution < 1.29 is 14.3 Å². The Labute approximate surface area is 169 Å². The van der Waals surface area contributed by atoms with Gasteiger partial charge >= 0.3 is 0 Å². The van der Waals surface area contributed by atoms with Gasteiger partial charge in [0.1, 0.15) is 11.6 Å². The number of imidazole rings is 1. The summed E-state index contributed by atoms with van der Waals surface area (Å²) in [5.74, 6) is 0.834. The topological polar surface area (TPSA) is 76.5 Å². The van der Waals surface area contributed by atoms with Crippen LogP contribution in [0.15, 0.2) is 48.5 Å². The summed E-state index contributed by atoms with van der Waals surface area (Å²) in [4.78, 5) is 31.5. The fourth-order valence-corrected chi connectivity index (χ4v) is 3.74. The Bertz CT molecular complexity index is 1060. The molecule has 0 spiro atoms. The van der Waals surface area contributed by atoms with E-state index >= 15 is 0 Å². The second-order valence-electron chi connectivity index (χ2n) is 7.10. The van der Waals surface area contributed by atoms with Crippen molar-refractivity contribution in [3.8, 4) is 5.75 Å². The first-order valence-electron chi connectivity index (χ1n) is 9.78. The minimum atomic E-state index is -0.396. The molecule has 7 heteroatoms. The van der Waals surface area contributed by atoms with Crippen molar-refractivity contribution in [2.24, 2.45) is 13.0 Å². The summed E-state index contributed by atoms with van der Waals surface area (Å²) < 4.78 is 7.61. The van der Waals surface area contributed by atoms with Crippen LogP contribution < -0.4 is 15.0 Å². The van der Waals surface area contributed by atoms with E-state index in [2.05, 4.69) is 10.3 Å². The molecule has 1 aromatic heterocycles. The van der Waals surface area contributed by atoms with Gasteiger partial charge in [-0.25, -0.2) is 4.98 Å². The van der Waals surface area contributed by atoms with Crippen LogP contribution in [0.5, 0.6) is 5.75 Å². The molecular weight excluding hydrogens is 368 g/mol. The van der Waals surface area contributed by atoms with Gasteiger partial charge in [0.05, 0.1) is 35.8 Å². The normalized spacial score (nSPS) is 16.4. The van der Waals surface area contributed by atoms with Crippen LogP contribution in [0.2, 0.25) is 0 Å². The Balaban J connectivity index is 1.44. The average molecular weight is 392 g/mol. The molecule has 2 aromatic carbocycles. The molecule has 2 heterocycles. The number of rotatable bonds is 6. The van der Waals surface area contributed by atoms with E-state index in [-0.39, 0.29) is 18.2 Å². The summed E-state index contributed by atoms with van der Waals surface area (Å²) in [6.45, 7) is 3.09. The van der Waals surface area contributed by atoms with Crippen LogP contribution in [0.1, 0.15) is 19.2 Å².